The molecule has 0 radical (unpaired) electrons. The summed E-state index contributed by atoms with van der Waals surface area (Å²) in [5.74, 6) is 0.907. The predicted molar refractivity (Wildman–Crippen MR) is 143 cm³/mol. The summed E-state index contributed by atoms with van der Waals surface area (Å²) in [7, 11) is 0. The van der Waals surface area contributed by atoms with Crippen molar-refractivity contribution in [2.45, 2.75) is 149 Å². The number of thiophene rings is 1. The molecule has 0 nitrogen and oxygen atoms in total. The van der Waals surface area contributed by atoms with Gasteiger partial charge < -0.3 is 0 Å². The predicted octanol–water partition coefficient (Wildman–Crippen LogP) is 11.5. The summed E-state index contributed by atoms with van der Waals surface area (Å²) in [6, 6.07) is 4.57. The lowest BCUT2D eigenvalue weighted by atomic mass is 9.91. The lowest BCUT2D eigenvalue weighted by Crippen LogP contribution is -2.04. The Kier molecular flexibility index (Phi) is 19.8. The van der Waals surface area contributed by atoms with Gasteiger partial charge in [-0.15, -0.1) is 11.3 Å². The lowest BCUT2D eigenvalue weighted by molar-refractivity contribution is 0.401. The van der Waals surface area contributed by atoms with Crippen molar-refractivity contribution in [3.63, 3.8) is 0 Å². The van der Waals surface area contributed by atoms with Crippen LogP contribution in [0.5, 0.6) is 0 Å². The van der Waals surface area contributed by atoms with Crippen LogP contribution in [0.2, 0.25) is 0 Å². The normalized spacial score (nSPS) is 12.5. The highest BCUT2D eigenvalue weighted by molar-refractivity contribution is 9.11. The first-order valence-electron chi connectivity index (χ1n) is 13.5. The van der Waals surface area contributed by atoms with E-state index in [1.54, 1.807) is 4.88 Å². The Morgan fingerprint density at radius 2 is 1.00 bits per heavy atom. The smallest absolute Gasteiger partial charge is 0.0701 e. The molecule has 176 valence electrons. The molecule has 1 unspecified atom stereocenters. The van der Waals surface area contributed by atoms with Crippen molar-refractivity contribution in [2.75, 3.05) is 0 Å². The first kappa shape index (κ1) is 28.2. The Morgan fingerprint density at radius 1 is 0.600 bits per heavy atom. The average Bonchev–Trinajstić information content (AvgIpc) is 3.15. The number of halogens is 1. The zero-order valence-corrected chi connectivity index (χ0v) is 22.8. The monoisotopic (exact) mass is 498 g/mol. The first-order valence-corrected chi connectivity index (χ1v) is 15.1. The van der Waals surface area contributed by atoms with Crippen LogP contribution in [0.15, 0.2) is 15.9 Å². The van der Waals surface area contributed by atoms with Gasteiger partial charge in [-0.1, -0.05) is 142 Å². The topological polar surface area (TPSA) is 0 Å². The fraction of sp³-hybridized carbons (Fsp3) is 0.857. The molecule has 0 aliphatic carbocycles. The second-order valence-electron chi connectivity index (χ2n) is 9.51. The highest BCUT2D eigenvalue weighted by Gasteiger charge is 2.11. The second kappa shape index (κ2) is 21.0. The minimum absolute atomic E-state index is 0.907. The minimum atomic E-state index is 0.907. The quantitative estimate of drug-likeness (QED) is 0.139. The molecule has 1 rings (SSSR count). The Bertz CT molecular complexity index is 467. The van der Waals surface area contributed by atoms with Gasteiger partial charge in [0.05, 0.1) is 3.79 Å². The summed E-state index contributed by atoms with van der Waals surface area (Å²) in [6.07, 6.45) is 30.2. The molecule has 0 aromatic carbocycles. The summed E-state index contributed by atoms with van der Waals surface area (Å²) in [5, 5.41) is 0. The third-order valence-corrected chi connectivity index (χ3v) is 8.20. The van der Waals surface area contributed by atoms with Crippen LogP contribution in [0.4, 0.5) is 0 Å². The van der Waals surface area contributed by atoms with Crippen LogP contribution in [-0.2, 0) is 6.42 Å². The van der Waals surface area contributed by atoms with E-state index in [1.807, 2.05) is 11.3 Å². The minimum Gasteiger partial charge on any atom is -0.133 e. The van der Waals surface area contributed by atoms with E-state index in [-0.39, 0.29) is 0 Å². The Labute approximate surface area is 202 Å². The molecule has 30 heavy (non-hydrogen) atoms. The van der Waals surface area contributed by atoms with Crippen molar-refractivity contribution in [3.8, 4) is 0 Å². The van der Waals surface area contributed by atoms with Crippen molar-refractivity contribution in [2.24, 2.45) is 5.92 Å². The summed E-state index contributed by atoms with van der Waals surface area (Å²) >= 11 is 5.59. The Balaban J connectivity index is 2.13. The van der Waals surface area contributed by atoms with Crippen LogP contribution in [0.1, 0.15) is 147 Å². The van der Waals surface area contributed by atoms with E-state index in [0.717, 1.165) is 5.92 Å². The summed E-state index contributed by atoms with van der Waals surface area (Å²) in [5.41, 5.74) is 0. The Morgan fingerprint density at radius 3 is 1.37 bits per heavy atom. The molecule has 0 saturated carbocycles. The van der Waals surface area contributed by atoms with Gasteiger partial charge in [-0.25, -0.2) is 0 Å². The molecule has 0 saturated heterocycles. The molecule has 1 aromatic heterocycles. The molecular weight excluding hydrogens is 448 g/mol. The van der Waals surface area contributed by atoms with E-state index in [9.17, 15) is 0 Å². The molecule has 1 aromatic rings. The van der Waals surface area contributed by atoms with Gasteiger partial charge in [0.2, 0.25) is 0 Å². The van der Waals surface area contributed by atoms with Crippen LogP contribution in [0, 0.1) is 5.92 Å². The van der Waals surface area contributed by atoms with E-state index in [1.165, 1.54) is 139 Å². The van der Waals surface area contributed by atoms with E-state index < -0.39 is 0 Å². The van der Waals surface area contributed by atoms with E-state index in [0.29, 0.717) is 0 Å². The molecule has 0 fully saturated rings. The standard InChI is InChI=1S/C28H51BrS/c1-3-5-7-9-11-13-14-16-18-20-22-26(25-27-23-24-28(29)30-27)21-19-17-15-12-10-8-6-4-2/h23-24,26H,3-22,25H2,1-2H3. The maximum atomic E-state index is 3.65. The molecule has 2 heteroatoms. The van der Waals surface area contributed by atoms with Crippen LogP contribution in [0.3, 0.4) is 0 Å². The fourth-order valence-electron chi connectivity index (χ4n) is 4.58. The molecule has 0 aliphatic heterocycles. The van der Waals surface area contributed by atoms with Gasteiger partial charge in [0.15, 0.2) is 0 Å². The maximum absolute atomic E-state index is 3.65. The van der Waals surface area contributed by atoms with Crippen LogP contribution in [-0.4, -0.2) is 0 Å². The molecular formula is C28H51BrS. The number of rotatable bonds is 22. The zero-order valence-electron chi connectivity index (χ0n) is 20.4. The van der Waals surface area contributed by atoms with Crippen LogP contribution >= 0.6 is 27.3 Å². The average molecular weight is 500 g/mol. The van der Waals surface area contributed by atoms with Crippen LogP contribution < -0.4 is 0 Å². The van der Waals surface area contributed by atoms with Gasteiger partial charge >= 0.3 is 0 Å². The number of hydrogen-bond donors (Lipinski definition) is 0. The van der Waals surface area contributed by atoms with Gasteiger partial charge in [-0.2, -0.15) is 0 Å². The molecule has 0 amide bonds. The van der Waals surface area contributed by atoms with Crippen molar-refractivity contribution in [1.29, 1.82) is 0 Å². The van der Waals surface area contributed by atoms with Gasteiger partial charge in [0.1, 0.15) is 0 Å². The summed E-state index contributed by atoms with van der Waals surface area (Å²) < 4.78 is 1.29. The molecule has 1 heterocycles. The highest BCUT2D eigenvalue weighted by atomic mass is 79.9. The summed E-state index contributed by atoms with van der Waals surface area (Å²) in [6.45, 7) is 4.61. The third-order valence-electron chi connectivity index (χ3n) is 6.55. The molecule has 0 bridgehead atoms. The van der Waals surface area contributed by atoms with Crippen molar-refractivity contribution in [3.05, 3.63) is 20.8 Å². The highest BCUT2D eigenvalue weighted by Crippen LogP contribution is 2.28. The zero-order chi connectivity index (χ0) is 21.7. The SMILES string of the molecule is CCCCCCCCCCCCC(CCCCCCCCCC)Cc1ccc(Br)s1. The van der Waals surface area contributed by atoms with Crippen LogP contribution in [0.25, 0.3) is 0 Å². The number of unbranched alkanes of at least 4 members (excludes halogenated alkanes) is 16. The molecule has 0 aliphatic rings. The van der Waals surface area contributed by atoms with Crippen molar-refractivity contribution >= 4 is 27.3 Å². The Hall–Kier alpha value is 0.180. The van der Waals surface area contributed by atoms with Gasteiger partial charge in [0.25, 0.3) is 0 Å². The molecule has 0 N–H and O–H groups in total. The van der Waals surface area contributed by atoms with Gasteiger partial charge in [-0.3, -0.25) is 0 Å². The van der Waals surface area contributed by atoms with E-state index >= 15 is 0 Å². The van der Waals surface area contributed by atoms with E-state index in [4.69, 9.17) is 0 Å². The van der Waals surface area contributed by atoms with Crippen molar-refractivity contribution < 1.29 is 0 Å². The van der Waals surface area contributed by atoms with E-state index in [2.05, 4.69) is 41.9 Å². The second-order valence-corrected chi connectivity index (χ2v) is 12.1. The van der Waals surface area contributed by atoms with Crippen molar-refractivity contribution in [1.82, 2.24) is 0 Å². The molecule has 0 spiro atoms. The van der Waals surface area contributed by atoms with Gasteiger partial charge in [-0.05, 0) is 40.4 Å². The van der Waals surface area contributed by atoms with Gasteiger partial charge in [0, 0.05) is 4.88 Å². The summed E-state index contributed by atoms with van der Waals surface area (Å²) in [4.78, 5) is 1.58. The largest absolute Gasteiger partial charge is 0.133 e. The molecule has 1 atom stereocenters. The number of hydrogen-bond acceptors (Lipinski definition) is 1. The maximum Gasteiger partial charge on any atom is 0.0701 e. The fourth-order valence-corrected chi connectivity index (χ4v) is 6.18. The first-order chi connectivity index (χ1) is 14.8. The lowest BCUT2D eigenvalue weighted by Gasteiger charge is -2.16. The third kappa shape index (κ3) is 16.8.